The van der Waals surface area contributed by atoms with E-state index in [9.17, 15) is 4.79 Å². The van der Waals surface area contributed by atoms with Gasteiger partial charge < -0.3 is 20.8 Å². The molecule has 1 amide bonds. The van der Waals surface area contributed by atoms with Crippen LogP contribution in [0.2, 0.25) is 0 Å². The van der Waals surface area contributed by atoms with Crippen molar-refractivity contribution in [2.75, 3.05) is 13.1 Å². The Kier molecular flexibility index (Phi) is 3.46. The summed E-state index contributed by atoms with van der Waals surface area (Å²) in [5, 5.41) is 6.43. The second-order valence-corrected chi connectivity index (χ2v) is 7.04. The van der Waals surface area contributed by atoms with Crippen molar-refractivity contribution in [3.63, 3.8) is 0 Å². The van der Waals surface area contributed by atoms with Crippen LogP contribution in [0.1, 0.15) is 60.9 Å². The maximum Gasteiger partial charge on any atom is 0.288 e. The second kappa shape index (κ2) is 5.35. The molecule has 4 N–H and O–H groups in total. The van der Waals surface area contributed by atoms with Gasteiger partial charge in [-0.25, -0.2) is 4.98 Å². The average Bonchev–Trinajstić information content (AvgIpc) is 2.95. The molecule has 22 heavy (non-hydrogen) atoms. The number of aromatic nitrogens is 1. The number of nitrogens with one attached hydrogen (secondary N) is 2. The molecule has 1 saturated heterocycles. The second-order valence-electron chi connectivity index (χ2n) is 7.04. The van der Waals surface area contributed by atoms with Crippen molar-refractivity contribution in [1.82, 2.24) is 15.6 Å². The highest BCUT2D eigenvalue weighted by Gasteiger charge is 2.57. The van der Waals surface area contributed by atoms with E-state index in [1.807, 2.05) is 0 Å². The third kappa shape index (κ3) is 2.16. The monoisotopic (exact) mass is 304 g/mol. The molecule has 6 nitrogen and oxygen atoms in total. The van der Waals surface area contributed by atoms with Crippen LogP contribution in [-0.2, 0) is 0 Å². The molecule has 2 unspecified atom stereocenters. The summed E-state index contributed by atoms with van der Waals surface area (Å²) < 4.78 is 5.72. The number of piperidine rings is 1. The first kappa shape index (κ1) is 14.2. The first-order valence-electron chi connectivity index (χ1n) is 8.42. The Morgan fingerprint density at radius 3 is 2.82 bits per heavy atom. The summed E-state index contributed by atoms with van der Waals surface area (Å²) >= 11 is 0. The third-order valence-corrected chi connectivity index (χ3v) is 5.95. The summed E-state index contributed by atoms with van der Waals surface area (Å²) in [7, 11) is 0. The summed E-state index contributed by atoms with van der Waals surface area (Å²) in [5.41, 5.74) is 6.29. The first-order valence-corrected chi connectivity index (χ1v) is 8.42. The van der Waals surface area contributed by atoms with Gasteiger partial charge in [0.1, 0.15) is 0 Å². The van der Waals surface area contributed by atoms with Crippen LogP contribution in [0.15, 0.2) is 10.6 Å². The van der Waals surface area contributed by atoms with Crippen LogP contribution in [0.3, 0.4) is 0 Å². The number of oxazole rings is 1. The minimum Gasteiger partial charge on any atom is -0.435 e. The molecule has 1 aliphatic heterocycles. The zero-order valence-electron chi connectivity index (χ0n) is 12.8. The Morgan fingerprint density at radius 2 is 2.18 bits per heavy atom. The van der Waals surface area contributed by atoms with Crippen molar-refractivity contribution in [3.05, 3.63) is 17.8 Å². The lowest BCUT2D eigenvalue weighted by Gasteiger charge is -2.60. The molecule has 0 radical (unpaired) electrons. The van der Waals surface area contributed by atoms with Crippen LogP contribution < -0.4 is 16.4 Å². The molecular weight excluding hydrogens is 280 g/mol. The minimum absolute atomic E-state index is 0.143. The minimum atomic E-state index is -0.143. The quantitative estimate of drug-likeness (QED) is 0.778. The van der Waals surface area contributed by atoms with Gasteiger partial charge in [-0.2, -0.15) is 0 Å². The molecule has 120 valence electrons. The number of hydrogen-bond acceptors (Lipinski definition) is 5. The highest BCUT2D eigenvalue weighted by Crippen LogP contribution is 2.55. The van der Waals surface area contributed by atoms with E-state index in [1.165, 1.54) is 6.42 Å². The van der Waals surface area contributed by atoms with Crippen molar-refractivity contribution < 1.29 is 9.21 Å². The van der Waals surface area contributed by atoms with E-state index in [-0.39, 0.29) is 23.4 Å². The Balaban J connectivity index is 1.40. The fourth-order valence-electron chi connectivity index (χ4n) is 4.21. The molecule has 2 aliphatic carbocycles. The van der Waals surface area contributed by atoms with Gasteiger partial charge in [0.05, 0.1) is 6.20 Å². The predicted octanol–water partition coefficient (Wildman–Crippen LogP) is 1.14. The summed E-state index contributed by atoms with van der Waals surface area (Å²) in [4.78, 5) is 16.7. The van der Waals surface area contributed by atoms with Gasteiger partial charge in [-0.1, -0.05) is 6.42 Å². The fraction of sp³-hybridized carbons (Fsp3) is 0.750. The van der Waals surface area contributed by atoms with Crippen LogP contribution in [-0.4, -0.2) is 36.1 Å². The number of nitrogens with zero attached hydrogens (tertiary/aromatic N) is 1. The number of carbonyl (C=O) groups is 1. The molecule has 2 atom stereocenters. The van der Waals surface area contributed by atoms with Gasteiger partial charge in [-0.3, -0.25) is 4.79 Å². The summed E-state index contributed by atoms with van der Waals surface area (Å²) in [6.45, 7) is 1.97. The highest BCUT2D eigenvalue weighted by atomic mass is 16.4. The maximum atomic E-state index is 12.4. The summed E-state index contributed by atoms with van der Waals surface area (Å²) in [5.74, 6) is 1.23. The van der Waals surface area contributed by atoms with E-state index in [0.29, 0.717) is 17.6 Å². The summed E-state index contributed by atoms with van der Waals surface area (Å²) in [6, 6.07) is 0.447. The van der Waals surface area contributed by atoms with Crippen molar-refractivity contribution in [2.45, 2.75) is 56.5 Å². The molecule has 3 fully saturated rings. The van der Waals surface area contributed by atoms with E-state index >= 15 is 0 Å². The van der Waals surface area contributed by atoms with Gasteiger partial charge in [-0.15, -0.1) is 0 Å². The lowest BCUT2D eigenvalue weighted by molar-refractivity contribution is -0.0393. The molecule has 1 spiro atoms. The van der Waals surface area contributed by atoms with Gasteiger partial charge in [0.2, 0.25) is 5.76 Å². The zero-order chi connectivity index (χ0) is 15.2. The number of rotatable bonds is 3. The van der Waals surface area contributed by atoms with Gasteiger partial charge in [0.25, 0.3) is 5.91 Å². The van der Waals surface area contributed by atoms with Crippen LogP contribution >= 0.6 is 0 Å². The van der Waals surface area contributed by atoms with Crippen LogP contribution in [0, 0.1) is 5.41 Å². The van der Waals surface area contributed by atoms with Crippen LogP contribution in [0.4, 0.5) is 0 Å². The molecule has 1 aromatic rings. The fourth-order valence-corrected chi connectivity index (χ4v) is 4.21. The van der Waals surface area contributed by atoms with E-state index in [0.717, 1.165) is 45.2 Å². The lowest BCUT2D eigenvalue weighted by atomic mass is 9.50. The normalized spacial score (nSPS) is 30.6. The largest absolute Gasteiger partial charge is 0.435 e. The standard InChI is InChI=1S/C16H24N4O2/c17-12-8-13(16(12)4-1-5-16)20-14(21)11-9-19-15(22-11)10-2-6-18-7-3-10/h9-10,12-13,18H,1-8,17H2,(H,20,21). The first-order chi connectivity index (χ1) is 10.7. The molecule has 3 aliphatic rings. The van der Waals surface area contributed by atoms with Gasteiger partial charge >= 0.3 is 0 Å². The molecule has 2 heterocycles. The Bertz CT molecular complexity index is 560. The molecule has 6 heteroatoms. The third-order valence-electron chi connectivity index (χ3n) is 5.95. The van der Waals surface area contributed by atoms with Gasteiger partial charge in [-0.05, 0) is 45.2 Å². The lowest BCUT2D eigenvalue weighted by Crippen LogP contribution is -2.69. The predicted molar refractivity (Wildman–Crippen MR) is 81.5 cm³/mol. The number of amides is 1. The highest BCUT2D eigenvalue weighted by molar-refractivity contribution is 5.91. The molecule has 1 aromatic heterocycles. The van der Waals surface area contributed by atoms with E-state index in [2.05, 4.69) is 15.6 Å². The number of hydrogen-bond donors (Lipinski definition) is 3. The Labute approximate surface area is 130 Å². The molecule has 0 aromatic carbocycles. The average molecular weight is 304 g/mol. The smallest absolute Gasteiger partial charge is 0.288 e. The molecular formula is C16H24N4O2. The van der Waals surface area contributed by atoms with Gasteiger partial charge in [0, 0.05) is 23.4 Å². The van der Waals surface area contributed by atoms with Crippen LogP contribution in [0.5, 0.6) is 0 Å². The van der Waals surface area contributed by atoms with E-state index in [1.54, 1.807) is 6.20 Å². The van der Waals surface area contributed by atoms with Crippen molar-refractivity contribution in [3.8, 4) is 0 Å². The molecule has 2 saturated carbocycles. The van der Waals surface area contributed by atoms with Crippen molar-refractivity contribution in [1.29, 1.82) is 0 Å². The van der Waals surface area contributed by atoms with Crippen molar-refractivity contribution in [2.24, 2.45) is 11.1 Å². The van der Waals surface area contributed by atoms with Crippen molar-refractivity contribution >= 4 is 5.91 Å². The maximum absolute atomic E-state index is 12.4. The van der Waals surface area contributed by atoms with Gasteiger partial charge in [0.15, 0.2) is 5.89 Å². The van der Waals surface area contributed by atoms with Crippen LogP contribution in [0.25, 0.3) is 0 Å². The Hall–Kier alpha value is -1.40. The topological polar surface area (TPSA) is 93.2 Å². The zero-order valence-corrected chi connectivity index (χ0v) is 12.8. The molecule has 4 rings (SSSR count). The number of carbonyl (C=O) groups excluding carboxylic acids is 1. The summed E-state index contributed by atoms with van der Waals surface area (Å²) in [6.07, 6.45) is 7.97. The Morgan fingerprint density at radius 1 is 1.41 bits per heavy atom. The molecule has 0 bridgehead atoms. The number of nitrogens with two attached hydrogens (primary N) is 1. The van der Waals surface area contributed by atoms with E-state index < -0.39 is 0 Å². The SMILES string of the molecule is NC1CC(NC(=O)c2cnc(C3CCNCC3)o2)C12CCC2. The van der Waals surface area contributed by atoms with E-state index in [4.69, 9.17) is 10.2 Å².